The first kappa shape index (κ1) is 16.0. The van der Waals surface area contributed by atoms with Crippen molar-refractivity contribution in [3.05, 3.63) is 67.3 Å². The van der Waals surface area contributed by atoms with Gasteiger partial charge in [-0.2, -0.15) is 0 Å². The van der Waals surface area contributed by atoms with Crippen LogP contribution in [0, 0.1) is 5.82 Å². The van der Waals surface area contributed by atoms with E-state index in [1.165, 1.54) is 6.07 Å². The van der Waals surface area contributed by atoms with Crippen molar-refractivity contribution in [3.63, 3.8) is 0 Å². The Hall–Kier alpha value is -0.420. The average Bonchev–Trinajstić information content (AvgIpc) is 2.43. The summed E-state index contributed by atoms with van der Waals surface area (Å²) in [6.07, 6.45) is 0. The lowest BCUT2D eigenvalue weighted by Gasteiger charge is -2.21. The Kier molecular flexibility index (Phi) is 5.61. The molecule has 0 radical (unpaired) electrons. The molecule has 1 unspecified atom stereocenters. The molecular formula is C15H13Br2ClFN. The molecule has 20 heavy (non-hydrogen) atoms. The normalized spacial score (nSPS) is 12.4. The molecule has 5 heteroatoms. The van der Waals surface area contributed by atoms with Gasteiger partial charge in [-0.1, -0.05) is 46.6 Å². The maximum atomic E-state index is 14.1. The van der Waals surface area contributed by atoms with Gasteiger partial charge in [0.1, 0.15) is 5.82 Å². The minimum atomic E-state index is -0.289. The Morgan fingerprint density at radius 3 is 2.65 bits per heavy atom. The minimum absolute atomic E-state index is 0.254. The van der Waals surface area contributed by atoms with Gasteiger partial charge in [0.15, 0.2) is 0 Å². The Morgan fingerprint density at radius 1 is 1.20 bits per heavy atom. The van der Waals surface area contributed by atoms with Crippen molar-refractivity contribution in [1.29, 1.82) is 0 Å². The van der Waals surface area contributed by atoms with Crippen LogP contribution in [0.1, 0.15) is 24.1 Å². The van der Waals surface area contributed by atoms with Crippen LogP contribution in [0.25, 0.3) is 0 Å². The van der Waals surface area contributed by atoms with E-state index in [-0.39, 0.29) is 11.9 Å². The molecule has 0 aliphatic rings. The fourth-order valence-electron chi connectivity index (χ4n) is 2.07. The zero-order valence-corrected chi connectivity index (χ0v) is 14.7. The van der Waals surface area contributed by atoms with Crippen molar-refractivity contribution in [3.8, 4) is 0 Å². The van der Waals surface area contributed by atoms with Crippen LogP contribution in [0.5, 0.6) is 0 Å². The van der Waals surface area contributed by atoms with Gasteiger partial charge in [-0.15, -0.1) is 0 Å². The first-order chi connectivity index (χ1) is 9.54. The van der Waals surface area contributed by atoms with Crippen LogP contribution >= 0.6 is 43.5 Å². The second kappa shape index (κ2) is 7.03. The molecule has 0 spiro atoms. The summed E-state index contributed by atoms with van der Waals surface area (Å²) in [6.45, 7) is 2.69. The quantitative estimate of drug-likeness (QED) is 0.667. The number of hydrogen-bond acceptors (Lipinski definition) is 1. The maximum absolute atomic E-state index is 14.1. The van der Waals surface area contributed by atoms with Crippen LogP contribution in [0.15, 0.2) is 45.3 Å². The fraction of sp³-hybridized carbons (Fsp3) is 0.200. The summed E-state index contributed by atoms with van der Waals surface area (Å²) < 4.78 is 15.8. The van der Waals surface area contributed by atoms with E-state index in [4.69, 9.17) is 11.6 Å². The molecule has 0 saturated carbocycles. The zero-order chi connectivity index (χ0) is 14.7. The summed E-state index contributed by atoms with van der Waals surface area (Å²) in [6, 6.07) is 10.3. The molecule has 0 fully saturated rings. The summed E-state index contributed by atoms with van der Waals surface area (Å²) in [7, 11) is 0. The van der Waals surface area contributed by atoms with E-state index in [1.54, 1.807) is 12.1 Å². The third-order valence-corrected chi connectivity index (χ3v) is 4.77. The average molecular weight is 422 g/mol. The van der Waals surface area contributed by atoms with Gasteiger partial charge in [-0.25, -0.2) is 4.39 Å². The lowest BCUT2D eigenvalue weighted by atomic mass is 9.98. The van der Waals surface area contributed by atoms with E-state index in [1.807, 2.05) is 25.1 Å². The third kappa shape index (κ3) is 3.42. The molecule has 2 aromatic carbocycles. The highest BCUT2D eigenvalue weighted by Gasteiger charge is 2.20. The Morgan fingerprint density at radius 2 is 1.95 bits per heavy atom. The molecule has 0 saturated heterocycles. The highest BCUT2D eigenvalue weighted by atomic mass is 79.9. The number of benzene rings is 2. The number of nitrogens with one attached hydrogen (secondary N) is 1. The molecular weight excluding hydrogens is 408 g/mol. The van der Waals surface area contributed by atoms with Crippen molar-refractivity contribution < 1.29 is 4.39 Å². The zero-order valence-electron chi connectivity index (χ0n) is 10.8. The van der Waals surface area contributed by atoms with Crippen molar-refractivity contribution in [1.82, 2.24) is 5.32 Å². The van der Waals surface area contributed by atoms with Gasteiger partial charge in [0.2, 0.25) is 0 Å². The fourth-order valence-corrected chi connectivity index (χ4v) is 3.07. The van der Waals surface area contributed by atoms with E-state index in [0.717, 1.165) is 14.5 Å². The molecule has 2 aromatic rings. The SMILES string of the molecule is CCNC(c1cc(Br)ccc1F)c1cccc(Br)c1Cl. The molecule has 0 bridgehead atoms. The van der Waals surface area contributed by atoms with Gasteiger partial charge < -0.3 is 5.32 Å². The van der Waals surface area contributed by atoms with Crippen LogP contribution in [0.2, 0.25) is 5.02 Å². The standard InChI is InChI=1S/C15H13Br2ClFN/c1-2-20-15(10-4-3-5-12(17)14(10)18)11-8-9(16)6-7-13(11)19/h3-8,15,20H,2H2,1H3. The van der Waals surface area contributed by atoms with Crippen LogP contribution < -0.4 is 5.32 Å². The molecule has 106 valence electrons. The summed E-state index contributed by atoms with van der Waals surface area (Å²) in [5.74, 6) is -0.254. The summed E-state index contributed by atoms with van der Waals surface area (Å²) >= 11 is 13.1. The Balaban J connectivity index is 2.56. The van der Waals surface area contributed by atoms with Gasteiger partial charge in [-0.3, -0.25) is 0 Å². The van der Waals surface area contributed by atoms with Crippen molar-refractivity contribution in [2.75, 3.05) is 6.54 Å². The second-order valence-corrected chi connectivity index (χ2v) is 6.45. The number of hydrogen-bond donors (Lipinski definition) is 1. The van der Waals surface area contributed by atoms with Crippen LogP contribution in [-0.2, 0) is 0 Å². The van der Waals surface area contributed by atoms with Crippen molar-refractivity contribution in [2.45, 2.75) is 13.0 Å². The highest BCUT2D eigenvalue weighted by molar-refractivity contribution is 9.10. The highest BCUT2D eigenvalue weighted by Crippen LogP contribution is 2.35. The Bertz CT molecular complexity index is 617. The Labute approximate surface area is 139 Å². The molecule has 0 aliphatic carbocycles. The smallest absolute Gasteiger partial charge is 0.128 e. The predicted molar refractivity (Wildman–Crippen MR) is 88.8 cm³/mol. The second-order valence-electron chi connectivity index (χ2n) is 4.30. The lowest BCUT2D eigenvalue weighted by Crippen LogP contribution is -2.23. The van der Waals surface area contributed by atoms with Gasteiger partial charge in [0.05, 0.1) is 11.1 Å². The maximum Gasteiger partial charge on any atom is 0.128 e. The molecule has 1 atom stereocenters. The molecule has 0 amide bonds. The van der Waals surface area contributed by atoms with E-state index in [9.17, 15) is 4.39 Å². The summed E-state index contributed by atoms with van der Waals surface area (Å²) in [5, 5.41) is 3.88. The lowest BCUT2D eigenvalue weighted by molar-refractivity contribution is 0.558. The van der Waals surface area contributed by atoms with Crippen LogP contribution in [0.4, 0.5) is 4.39 Å². The summed E-state index contributed by atoms with van der Waals surface area (Å²) in [4.78, 5) is 0. The molecule has 2 rings (SSSR count). The minimum Gasteiger partial charge on any atom is -0.306 e. The van der Waals surface area contributed by atoms with Crippen molar-refractivity contribution >= 4 is 43.5 Å². The molecule has 0 aromatic heterocycles. The molecule has 0 aliphatic heterocycles. The first-order valence-electron chi connectivity index (χ1n) is 6.16. The molecule has 1 nitrogen and oxygen atoms in total. The van der Waals surface area contributed by atoms with E-state index >= 15 is 0 Å². The summed E-state index contributed by atoms with van der Waals surface area (Å²) in [5.41, 5.74) is 1.42. The van der Waals surface area contributed by atoms with Gasteiger partial charge in [0.25, 0.3) is 0 Å². The topological polar surface area (TPSA) is 12.0 Å². The van der Waals surface area contributed by atoms with Gasteiger partial charge >= 0.3 is 0 Å². The largest absolute Gasteiger partial charge is 0.306 e. The molecule has 0 heterocycles. The van der Waals surface area contributed by atoms with Crippen LogP contribution in [-0.4, -0.2) is 6.54 Å². The molecule has 1 N–H and O–H groups in total. The first-order valence-corrected chi connectivity index (χ1v) is 8.13. The van der Waals surface area contributed by atoms with Crippen LogP contribution in [0.3, 0.4) is 0 Å². The number of halogens is 4. The predicted octanol–water partition coefficient (Wildman–Crippen LogP) is 5.70. The van der Waals surface area contributed by atoms with E-state index in [0.29, 0.717) is 17.1 Å². The van der Waals surface area contributed by atoms with Gasteiger partial charge in [-0.05, 0) is 52.3 Å². The van der Waals surface area contributed by atoms with Gasteiger partial charge in [0, 0.05) is 14.5 Å². The van der Waals surface area contributed by atoms with E-state index in [2.05, 4.69) is 37.2 Å². The monoisotopic (exact) mass is 419 g/mol. The third-order valence-electron chi connectivity index (χ3n) is 2.97. The van der Waals surface area contributed by atoms with E-state index < -0.39 is 0 Å². The number of rotatable bonds is 4. The van der Waals surface area contributed by atoms with Crippen molar-refractivity contribution in [2.24, 2.45) is 0 Å².